The van der Waals surface area contributed by atoms with E-state index >= 15 is 0 Å². The fraction of sp³-hybridized carbons (Fsp3) is 0.0588. The van der Waals surface area contributed by atoms with Crippen molar-refractivity contribution in [2.45, 2.75) is 19.3 Å². The van der Waals surface area contributed by atoms with Crippen molar-refractivity contribution >= 4 is 17.1 Å². The molecule has 0 amide bonds. The third-order valence-corrected chi connectivity index (χ3v) is 10.7. The highest BCUT2D eigenvalue weighted by atomic mass is 15.1. The Morgan fingerprint density at radius 1 is 0.327 bits per heavy atom. The highest BCUT2D eigenvalue weighted by Crippen LogP contribution is 2.51. The van der Waals surface area contributed by atoms with Gasteiger partial charge in [0.05, 0.1) is 5.69 Å². The zero-order valence-electron chi connectivity index (χ0n) is 29.5. The molecule has 8 aromatic rings. The topological polar surface area (TPSA) is 3.24 Å². The Balaban J connectivity index is 1.26. The molecule has 0 spiro atoms. The summed E-state index contributed by atoms with van der Waals surface area (Å²) in [6.45, 7) is 4.70. The minimum absolute atomic E-state index is 0.0610. The van der Waals surface area contributed by atoms with Crippen LogP contribution in [0.2, 0.25) is 0 Å². The van der Waals surface area contributed by atoms with E-state index in [1.54, 1.807) is 0 Å². The summed E-state index contributed by atoms with van der Waals surface area (Å²) < 4.78 is 0. The van der Waals surface area contributed by atoms with Crippen LogP contribution in [-0.4, -0.2) is 0 Å². The first-order valence-corrected chi connectivity index (χ1v) is 18.1. The van der Waals surface area contributed by atoms with E-state index in [1.165, 1.54) is 66.8 Å². The summed E-state index contributed by atoms with van der Waals surface area (Å²) in [4.78, 5) is 2.43. The molecule has 0 aromatic heterocycles. The SMILES string of the molecule is CC1(C)c2ccccc2-c2ccc(-c3cccc(N(c4ccccc4)c4cccc(-c5ccccc5)c4-c4ccccc4-c4ccccc4)c3)cc21. The number of hydrogen-bond donors (Lipinski definition) is 0. The second-order valence-electron chi connectivity index (χ2n) is 14.1. The Hall–Kier alpha value is -6.44. The van der Waals surface area contributed by atoms with Gasteiger partial charge in [0.1, 0.15) is 0 Å². The maximum atomic E-state index is 2.43. The average molecular weight is 666 g/mol. The van der Waals surface area contributed by atoms with E-state index in [9.17, 15) is 0 Å². The molecule has 9 rings (SSSR count). The molecule has 0 fully saturated rings. The van der Waals surface area contributed by atoms with Gasteiger partial charge in [-0.15, -0.1) is 0 Å². The highest BCUT2D eigenvalue weighted by Gasteiger charge is 2.35. The van der Waals surface area contributed by atoms with Crippen LogP contribution in [0.3, 0.4) is 0 Å². The summed E-state index contributed by atoms with van der Waals surface area (Å²) in [6.07, 6.45) is 0. The first-order chi connectivity index (χ1) is 25.6. The predicted octanol–water partition coefficient (Wildman–Crippen LogP) is 14.1. The van der Waals surface area contributed by atoms with E-state index < -0.39 is 0 Å². The highest BCUT2D eigenvalue weighted by molar-refractivity contribution is 6.01. The lowest BCUT2D eigenvalue weighted by molar-refractivity contribution is 0.660. The molecule has 1 nitrogen and oxygen atoms in total. The van der Waals surface area contributed by atoms with E-state index in [0.717, 1.165) is 17.1 Å². The average Bonchev–Trinajstić information content (AvgIpc) is 3.44. The van der Waals surface area contributed by atoms with Crippen molar-refractivity contribution in [1.82, 2.24) is 0 Å². The van der Waals surface area contributed by atoms with Gasteiger partial charge in [0.25, 0.3) is 0 Å². The van der Waals surface area contributed by atoms with Crippen molar-refractivity contribution in [3.8, 4) is 55.6 Å². The van der Waals surface area contributed by atoms with Crippen LogP contribution >= 0.6 is 0 Å². The number of anilines is 3. The molecule has 0 N–H and O–H groups in total. The summed E-state index contributed by atoms with van der Waals surface area (Å²) in [7, 11) is 0. The number of benzene rings is 8. The second-order valence-corrected chi connectivity index (χ2v) is 14.1. The molecule has 8 aromatic carbocycles. The quantitative estimate of drug-likeness (QED) is 0.164. The number of nitrogens with zero attached hydrogens (tertiary/aromatic N) is 1. The van der Waals surface area contributed by atoms with Crippen LogP contribution < -0.4 is 4.90 Å². The van der Waals surface area contributed by atoms with Gasteiger partial charge in [-0.25, -0.2) is 0 Å². The van der Waals surface area contributed by atoms with Gasteiger partial charge in [-0.1, -0.05) is 178 Å². The molecule has 0 atom stereocenters. The lowest BCUT2D eigenvalue weighted by Crippen LogP contribution is -2.15. The van der Waals surface area contributed by atoms with Crippen LogP contribution in [0.4, 0.5) is 17.1 Å². The second kappa shape index (κ2) is 13.0. The molecule has 0 aliphatic heterocycles. The molecule has 1 aliphatic rings. The van der Waals surface area contributed by atoms with E-state index in [0.29, 0.717) is 0 Å². The van der Waals surface area contributed by atoms with Gasteiger partial charge in [0.2, 0.25) is 0 Å². The molecule has 0 saturated carbocycles. The molecule has 248 valence electrons. The zero-order chi connectivity index (χ0) is 35.1. The van der Waals surface area contributed by atoms with Crippen molar-refractivity contribution in [3.63, 3.8) is 0 Å². The number of rotatable bonds is 7. The fourth-order valence-electron chi connectivity index (χ4n) is 8.15. The smallest absolute Gasteiger partial charge is 0.0546 e. The third kappa shape index (κ3) is 5.43. The molecular weight excluding hydrogens is 627 g/mol. The van der Waals surface area contributed by atoms with Gasteiger partial charge in [-0.2, -0.15) is 0 Å². The maximum Gasteiger partial charge on any atom is 0.0546 e. The van der Waals surface area contributed by atoms with E-state index in [1.807, 2.05) is 0 Å². The van der Waals surface area contributed by atoms with Crippen molar-refractivity contribution in [2.24, 2.45) is 0 Å². The van der Waals surface area contributed by atoms with Gasteiger partial charge in [-0.05, 0) is 97.6 Å². The molecule has 0 heterocycles. The normalized spacial score (nSPS) is 12.6. The van der Waals surface area contributed by atoms with Crippen molar-refractivity contribution < 1.29 is 0 Å². The third-order valence-electron chi connectivity index (χ3n) is 10.7. The Kier molecular flexibility index (Phi) is 7.90. The Morgan fingerprint density at radius 3 is 1.56 bits per heavy atom. The minimum atomic E-state index is -0.0610. The zero-order valence-corrected chi connectivity index (χ0v) is 29.5. The van der Waals surface area contributed by atoms with E-state index in [4.69, 9.17) is 0 Å². The molecule has 0 bridgehead atoms. The van der Waals surface area contributed by atoms with Crippen LogP contribution in [-0.2, 0) is 5.41 Å². The number of fused-ring (bicyclic) bond motifs is 3. The molecule has 1 heteroatoms. The van der Waals surface area contributed by atoms with Gasteiger partial charge >= 0.3 is 0 Å². The summed E-state index contributed by atoms with van der Waals surface area (Å²) in [5, 5.41) is 0. The summed E-state index contributed by atoms with van der Waals surface area (Å²) >= 11 is 0. The summed E-state index contributed by atoms with van der Waals surface area (Å²) in [6, 6.07) is 72.8. The van der Waals surface area contributed by atoms with Gasteiger partial charge < -0.3 is 4.90 Å². The van der Waals surface area contributed by atoms with Crippen LogP contribution in [0.15, 0.2) is 200 Å². The van der Waals surface area contributed by atoms with Crippen LogP contribution in [0, 0.1) is 0 Å². The first-order valence-electron chi connectivity index (χ1n) is 18.1. The lowest BCUT2D eigenvalue weighted by atomic mass is 9.81. The minimum Gasteiger partial charge on any atom is -0.310 e. The van der Waals surface area contributed by atoms with Crippen LogP contribution in [0.5, 0.6) is 0 Å². The lowest BCUT2D eigenvalue weighted by Gasteiger charge is -2.30. The summed E-state index contributed by atoms with van der Waals surface area (Å²) in [5.74, 6) is 0. The van der Waals surface area contributed by atoms with Crippen molar-refractivity contribution in [1.29, 1.82) is 0 Å². The first kappa shape index (κ1) is 31.5. The molecule has 0 unspecified atom stereocenters. The van der Waals surface area contributed by atoms with Crippen molar-refractivity contribution in [3.05, 3.63) is 211 Å². The Labute approximate surface area is 307 Å². The molecular formula is C51H39N. The summed E-state index contributed by atoms with van der Waals surface area (Å²) in [5.41, 5.74) is 18.3. The fourth-order valence-corrected chi connectivity index (χ4v) is 8.15. The van der Waals surface area contributed by atoms with E-state index in [-0.39, 0.29) is 5.41 Å². The molecule has 1 aliphatic carbocycles. The van der Waals surface area contributed by atoms with Crippen LogP contribution in [0.1, 0.15) is 25.0 Å². The van der Waals surface area contributed by atoms with Gasteiger partial charge in [0, 0.05) is 22.4 Å². The standard InChI is InChI=1S/C51H39N/c1-51(2)47-30-15-14-27-44(47)45-33-32-39(35-48(45)51)38-22-16-25-41(34-38)52(40-23-10-5-11-24-40)49-31-17-29-43(37-20-8-4-9-21-37)50(49)46-28-13-12-26-42(46)36-18-6-3-7-19-36/h3-35H,1-2H3. The van der Waals surface area contributed by atoms with Gasteiger partial charge in [0.15, 0.2) is 0 Å². The van der Waals surface area contributed by atoms with Crippen LogP contribution in [0.25, 0.3) is 55.6 Å². The Morgan fingerprint density at radius 2 is 0.827 bits per heavy atom. The Bertz CT molecular complexity index is 2530. The maximum absolute atomic E-state index is 2.43. The number of hydrogen-bond acceptors (Lipinski definition) is 1. The molecule has 0 saturated heterocycles. The predicted molar refractivity (Wildman–Crippen MR) is 220 cm³/mol. The molecule has 52 heavy (non-hydrogen) atoms. The number of para-hydroxylation sites is 1. The van der Waals surface area contributed by atoms with E-state index in [2.05, 4.69) is 219 Å². The van der Waals surface area contributed by atoms with Crippen molar-refractivity contribution in [2.75, 3.05) is 4.90 Å². The van der Waals surface area contributed by atoms with Gasteiger partial charge in [-0.3, -0.25) is 0 Å². The monoisotopic (exact) mass is 665 g/mol. The molecule has 0 radical (unpaired) electrons. The largest absolute Gasteiger partial charge is 0.310 e.